The number of carbonyl (C=O) groups excluding carboxylic acids is 4. The predicted octanol–water partition coefficient (Wildman–Crippen LogP) is 4.46. The molecule has 1 saturated heterocycles. The zero-order chi connectivity index (χ0) is 38.4. The maximum Gasteiger partial charge on any atom is 0.408 e. The molecule has 3 N–H and O–H groups in total. The number of rotatable bonds is 12. The minimum atomic E-state index is -3.90. The molecule has 3 saturated carbocycles. The summed E-state index contributed by atoms with van der Waals surface area (Å²) in [6, 6.07) is 8.93. The monoisotopic (exact) mass is 778 g/mol. The fraction of sp³-hybridized carbons (Fsp3) is 0.526. The molecule has 0 radical (unpaired) electrons. The summed E-state index contributed by atoms with van der Waals surface area (Å²) in [6.07, 6.45) is 4.31. The SMILES string of the molecule is C=CC1C[C@]1(NC(=O)[C@@H]1C[C@@H](Oc2nc3ccccc3nc2-c2cccs2)CN1C(=O)[C@@H](NC(=O)OC1CCCC1)C(C)(C)C)C(=O)NS(=O)(=O)C1CC1. The van der Waals surface area contributed by atoms with Crippen molar-refractivity contribution < 1.29 is 37.1 Å². The molecule has 0 spiro atoms. The van der Waals surface area contributed by atoms with Crippen LogP contribution in [-0.2, 0) is 29.1 Å². The largest absolute Gasteiger partial charge is 0.471 e. The van der Waals surface area contributed by atoms with Crippen LogP contribution in [0.15, 0.2) is 54.4 Å². The molecule has 3 heterocycles. The van der Waals surface area contributed by atoms with Gasteiger partial charge < -0.3 is 25.0 Å². The summed E-state index contributed by atoms with van der Waals surface area (Å²) < 4.78 is 39.8. The molecule has 3 aromatic rings. The van der Waals surface area contributed by atoms with Crippen molar-refractivity contribution in [2.24, 2.45) is 11.3 Å². The van der Waals surface area contributed by atoms with Crippen LogP contribution < -0.4 is 20.1 Å². The van der Waals surface area contributed by atoms with Gasteiger partial charge in [0.25, 0.3) is 5.91 Å². The molecule has 3 aliphatic carbocycles. The Kier molecular flexibility index (Phi) is 10.2. The maximum atomic E-state index is 14.6. The van der Waals surface area contributed by atoms with Crippen molar-refractivity contribution in [3.05, 3.63) is 54.4 Å². The number of para-hydroxylation sites is 2. The van der Waals surface area contributed by atoms with E-state index in [4.69, 9.17) is 19.4 Å². The van der Waals surface area contributed by atoms with Crippen LogP contribution in [0.2, 0.25) is 0 Å². The van der Waals surface area contributed by atoms with Gasteiger partial charge in [0.1, 0.15) is 35.5 Å². The van der Waals surface area contributed by atoms with Gasteiger partial charge in [-0.1, -0.05) is 45.0 Å². The maximum absolute atomic E-state index is 14.6. The fourth-order valence-corrected chi connectivity index (χ4v) is 9.39. The van der Waals surface area contributed by atoms with Crippen molar-refractivity contribution >= 4 is 56.2 Å². The van der Waals surface area contributed by atoms with Gasteiger partial charge in [-0.3, -0.25) is 19.1 Å². The first-order valence-electron chi connectivity index (χ1n) is 18.4. The number of likely N-dealkylation sites (tertiary alicyclic amines) is 1. The molecule has 1 aliphatic heterocycles. The van der Waals surface area contributed by atoms with Gasteiger partial charge in [0.15, 0.2) is 0 Å². The Balaban J connectivity index is 1.18. The number of alkyl carbamates (subject to hydrolysis) is 1. The highest BCUT2D eigenvalue weighted by molar-refractivity contribution is 7.91. The molecule has 1 unspecified atom stereocenters. The van der Waals surface area contributed by atoms with Crippen molar-refractivity contribution in [3.63, 3.8) is 0 Å². The highest BCUT2D eigenvalue weighted by atomic mass is 32.2. The highest BCUT2D eigenvalue weighted by Crippen LogP contribution is 2.46. The van der Waals surface area contributed by atoms with E-state index in [2.05, 4.69) is 21.9 Å². The number of sulfonamides is 1. The van der Waals surface area contributed by atoms with Crippen LogP contribution >= 0.6 is 11.3 Å². The Morgan fingerprint density at radius 2 is 1.72 bits per heavy atom. The summed E-state index contributed by atoms with van der Waals surface area (Å²) in [5.74, 6) is -2.33. The number of thiophene rings is 1. The van der Waals surface area contributed by atoms with Crippen LogP contribution in [0.5, 0.6) is 5.88 Å². The van der Waals surface area contributed by atoms with E-state index in [1.807, 2.05) is 41.8 Å². The van der Waals surface area contributed by atoms with Crippen molar-refractivity contribution in [3.8, 4) is 16.5 Å². The summed E-state index contributed by atoms with van der Waals surface area (Å²) in [5.41, 5.74) is -0.574. The average Bonchev–Trinajstić information content (AvgIpc) is 3.88. The molecule has 7 rings (SSSR count). The molecule has 1 aromatic carbocycles. The molecule has 4 fully saturated rings. The number of amides is 4. The number of ether oxygens (including phenoxy) is 2. The van der Waals surface area contributed by atoms with Gasteiger partial charge in [0.2, 0.25) is 27.7 Å². The van der Waals surface area contributed by atoms with Crippen molar-refractivity contribution in [1.29, 1.82) is 0 Å². The molecular weight excluding hydrogens is 733 g/mol. The lowest BCUT2D eigenvalue weighted by Crippen LogP contribution is -2.60. The lowest BCUT2D eigenvalue weighted by molar-refractivity contribution is -0.143. The fourth-order valence-electron chi connectivity index (χ4n) is 7.32. The molecule has 16 heteroatoms. The van der Waals surface area contributed by atoms with E-state index in [0.717, 1.165) is 30.6 Å². The number of aromatic nitrogens is 2. The van der Waals surface area contributed by atoms with Crippen molar-refractivity contribution in [2.45, 2.75) is 107 Å². The summed E-state index contributed by atoms with van der Waals surface area (Å²) in [6.45, 7) is 9.15. The van der Waals surface area contributed by atoms with E-state index >= 15 is 0 Å². The number of carbonyl (C=O) groups is 4. The third-order valence-electron chi connectivity index (χ3n) is 10.6. The first-order chi connectivity index (χ1) is 25.7. The smallest absolute Gasteiger partial charge is 0.408 e. The Morgan fingerprint density at radius 3 is 2.33 bits per heavy atom. The first kappa shape index (κ1) is 37.7. The number of hydrogen-bond acceptors (Lipinski definition) is 11. The molecule has 288 valence electrons. The number of hydrogen-bond donors (Lipinski definition) is 3. The summed E-state index contributed by atoms with van der Waals surface area (Å²) in [5, 5.41) is 6.86. The van der Waals surface area contributed by atoms with Crippen LogP contribution in [0, 0.1) is 11.3 Å². The quantitative estimate of drug-likeness (QED) is 0.222. The zero-order valence-electron chi connectivity index (χ0n) is 30.6. The number of nitrogens with one attached hydrogen (secondary N) is 3. The van der Waals surface area contributed by atoms with Gasteiger partial charge in [0.05, 0.1) is 27.7 Å². The number of fused-ring (bicyclic) bond motifs is 1. The van der Waals surface area contributed by atoms with E-state index in [0.29, 0.717) is 29.6 Å². The molecule has 4 amide bonds. The van der Waals surface area contributed by atoms with Crippen molar-refractivity contribution in [1.82, 2.24) is 30.2 Å². The van der Waals surface area contributed by atoms with E-state index in [1.165, 1.54) is 22.3 Å². The molecule has 2 aromatic heterocycles. The Labute approximate surface area is 318 Å². The van der Waals surface area contributed by atoms with E-state index in [9.17, 15) is 27.6 Å². The zero-order valence-corrected chi connectivity index (χ0v) is 32.2. The lowest BCUT2D eigenvalue weighted by atomic mass is 9.85. The van der Waals surface area contributed by atoms with Crippen LogP contribution in [0.4, 0.5) is 4.79 Å². The Morgan fingerprint density at radius 1 is 1.02 bits per heavy atom. The second-order valence-corrected chi connectivity index (χ2v) is 18.7. The minimum Gasteiger partial charge on any atom is -0.471 e. The van der Waals surface area contributed by atoms with E-state index < -0.39 is 74.1 Å². The average molecular weight is 779 g/mol. The van der Waals surface area contributed by atoms with Gasteiger partial charge >= 0.3 is 6.09 Å². The summed E-state index contributed by atoms with van der Waals surface area (Å²) in [7, 11) is -3.90. The summed E-state index contributed by atoms with van der Waals surface area (Å²) >= 11 is 1.47. The molecular formula is C38H46N6O8S2. The van der Waals surface area contributed by atoms with Crippen molar-refractivity contribution in [2.75, 3.05) is 6.54 Å². The van der Waals surface area contributed by atoms with E-state index in [1.54, 1.807) is 20.8 Å². The molecule has 4 aliphatic rings. The van der Waals surface area contributed by atoms with Gasteiger partial charge in [0, 0.05) is 12.3 Å². The molecule has 54 heavy (non-hydrogen) atoms. The van der Waals surface area contributed by atoms with Gasteiger partial charge in [-0.25, -0.2) is 23.2 Å². The standard InChI is InChI=1S/C38H46N6O8S2/c1-5-22-20-38(22,35(47)43-54(49,50)25-16-17-25)42-32(45)28-19-24(51-33-30(29-15-10-18-53-29)39-26-13-8-9-14-27(26)40-33)21-44(28)34(46)31(37(2,3)4)41-36(48)52-23-11-6-7-12-23/h5,8-10,13-15,18,22-25,28,31H,1,6-7,11-12,16-17,19-21H2,2-4H3,(H,41,48)(H,42,45)(H,43,47)/t22?,24-,28+,31-,38-/m1/s1. The van der Waals surface area contributed by atoms with Crippen LogP contribution in [0.1, 0.15) is 72.1 Å². The predicted molar refractivity (Wildman–Crippen MR) is 202 cm³/mol. The topological polar surface area (TPSA) is 186 Å². The highest BCUT2D eigenvalue weighted by Gasteiger charge is 2.62. The van der Waals surface area contributed by atoms with Crippen LogP contribution in [-0.4, -0.2) is 88.7 Å². The molecule has 5 atom stereocenters. The van der Waals surface area contributed by atoms with Crippen LogP contribution in [0.3, 0.4) is 0 Å². The third kappa shape index (κ3) is 7.81. The van der Waals surface area contributed by atoms with Gasteiger partial charge in [-0.15, -0.1) is 17.9 Å². The normalized spacial score (nSPS) is 24.8. The molecule has 0 bridgehead atoms. The Hall–Kier alpha value is -4.57. The Bertz CT molecular complexity index is 2060. The molecule has 14 nitrogen and oxygen atoms in total. The number of nitrogens with zero attached hydrogens (tertiary/aromatic N) is 3. The van der Waals surface area contributed by atoms with E-state index in [-0.39, 0.29) is 31.4 Å². The number of benzene rings is 1. The van der Waals surface area contributed by atoms with Gasteiger partial charge in [-0.2, -0.15) is 0 Å². The van der Waals surface area contributed by atoms with Crippen LogP contribution in [0.25, 0.3) is 21.6 Å². The second-order valence-electron chi connectivity index (χ2n) is 15.8. The summed E-state index contributed by atoms with van der Waals surface area (Å²) in [4.78, 5) is 67.5. The third-order valence-corrected chi connectivity index (χ3v) is 13.3. The first-order valence-corrected chi connectivity index (χ1v) is 20.9. The second kappa shape index (κ2) is 14.6. The van der Waals surface area contributed by atoms with Gasteiger partial charge in [-0.05, 0) is 73.9 Å². The minimum absolute atomic E-state index is 0.0101. The lowest BCUT2D eigenvalue weighted by Gasteiger charge is -2.35.